The maximum atomic E-state index is 13.0. The molecule has 0 saturated carbocycles. The van der Waals surface area contributed by atoms with Gasteiger partial charge in [-0.25, -0.2) is 9.59 Å². The van der Waals surface area contributed by atoms with E-state index in [1.54, 1.807) is 32.9 Å². The number of ether oxygens (including phenoxy) is 2. The molecule has 0 bridgehead atoms. The molecular weight excluding hydrogens is 396 g/mol. The van der Waals surface area contributed by atoms with E-state index >= 15 is 0 Å². The molecule has 0 aliphatic heterocycles. The fraction of sp³-hybridized carbons (Fsp3) is 0.292. The van der Waals surface area contributed by atoms with Gasteiger partial charge < -0.3 is 20.1 Å². The molecule has 7 heteroatoms. The molecule has 2 rings (SSSR count). The number of benzene rings is 2. The van der Waals surface area contributed by atoms with Crippen LogP contribution in [-0.2, 0) is 25.5 Å². The number of esters is 1. The standard InChI is InChI=1S/C24H28N2O5/c1-24(2,3)31-23(29)26-19(15-17-11-7-5-8-12-17)21(27)25-20(22(28)30-4)16-18-13-9-6-10-14-18/h5-14,16,19H,15H2,1-4H3,(H,25,27)(H,26,29)/b20-16-/t19-/m0/s1. The van der Waals surface area contributed by atoms with Crippen molar-refractivity contribution in [2.24, 2.45) is 0 Å². The Morgan fingerprint density at radius 3 is 2.10 bits per heavy atom. The monoisotopic (exact) mass is 424 g/mol. The van der Waals surface area contributed by atoms with Crippen molar-refractivity contribution in [3.8, 4) is 0 Å². The number of nitrogens with one attached hydrogen (secondary N) is 2. The summed E-state index contributed by atoms with van der Waals surface area (Å²) in [4.78, 5) is 37.6. The van der Waals surface area contributed by atoms with E-state index in [1.165, 1.54) is 13.2 Å². The second-order valence-corrected chi connectivity index (χ2v) is 7.84. The topological polar surface area (TPSA) is 93.7 Å². The first kappa shape index (κ1) is 23.7. The van der Waals surface area contributed by atoms with Crippen molar-refractivity contribution in [1.29, 1.82) is 0 Å². The number of carbonyl (C=O) groups excluding carboxylic acids is 3. The minimum atomic E-state index is -0.971. The first-order valence-corrected chi connectivity index (χ1v) is 9.87. The van der Waals surface area contributed by atoms with Crippen LogP contribution in [0.1, 0.15) is 31.9 Å². The first-order chi connectivity index (χ1) is 14.7. The number of amides is 2. The van der Waals surface area contributed by atoms with Crippen LogP contribution in [0.15, 0.2) is 66.4 Å². The van der Waals surface area contributed by atoms with Crippen molar-refractivity contribution in [2.45, 2.75) is 38.8 Å². The molecule has 0 aliphatic carbocycles. The van der Waals surface area contributed by atoms with Crippen LogP contribution < -0.4 is 10.6 Å². The van der Waals surface area contributed by atoms with E-state index in [0.29, 0.717) is 5.56 Å². The number of carbonyl (C=O) groups is 3. The molecule has 0 unspecified atom stereocenters. The van der Waals surface area contributed by atoms with Crippen LogP contribution in [-0.4, -0.2) is 36.7 Å². The van der Waals surface area contributed by atoms with Gasteiger partial charge in [-0.05, 0) is 38.0 Å². The summed E-state index contributed by atoms with van der Waals surface area (Å²) in [7, 11) is 1.23. The molecule has 0 spiro atoms. The summed E-state index contributed by atoms with van der Waals surface area (Å²) in [5.41, 5.74) is 0.790. The van der Waals surface area contributed by atoms with E-state index in [4.69, 9.17) is 9.47 Å². The minimum absolute atomic E-state index is 0.0391. The lowest BCUT2D eigenvalue weighted by atomic mass is 10.1. The lowest BCUT2D eigenvalue weighted by Crippen LogP contribution is -2.49. The zero-order valence-corrected chi connectivity index (χ0v) is 18.2. The molecule has 7 nitrogen and oxygen atoms in total. The summed E-state index contributed by atoms with van der Waals surface area (Å²) < 4.78 is 10.1. The third-order valence-corrected chi connectivity index (χ3v) is 4.06. The van der Waals surface area contributed by atoms with E-state index in [-0.39, 0.29) is 12.1 Å². The highest BCUT2D eigenvalue weighted by molar-refractivity contribution is 5.99. The predicted octanol–water partition coefficient (Wildman–Crippen LogP) is 3.45. The Morgan fingerprint density at radius 1 is 0.968 bits per heavy atom. The summed E-state index contributed by atoms with van der Waals surface area (Å²) in [5.74, 6) is -1.27. The highest BCUT2D eigenvalue weighted by Gasteiger charge is 2.26. The predicted molar refractivity (Wildman–Crippen MR) is 118 cm³/mol. The third kappa shape index (κ3) is 8.34. The second kappa shape index (κ2) is 11.0. The quantitative estimate of drug-likeness (QED) is 0.525. The molecule has 2 amide bonds. The van der Waals surface area contributed by atoms with Crippen LogP contribution in [0, 0.1) is 0 Å². The SMILES string of the molecule is COC(=O)/C(=C/c1ccccc1)NC(=O)[C@H](Cc1ccccc1)NC(=O)OC(C)(C)C. The van der Waals surface area contributed by atoms with Gasteiger partial charge in [0.2, 0.25) is 5.91 Å². The summed E-state index contributed by atoms with van der Waals surface area (Å²) in [6, 6.07) is 17.3. The highest BCUT2D eigenvalue weighted by atomic mass is 16.6. The third-order valence-electron chi connectivity index (χ3n) is 4.06. The molecule has 0 aliphatic rings. The molecule has 0 aromatic heterocycles. The Morgan fingerprint density at radius 2 is 1.55 bits per heavy atom. The normalized spacial score (nSPS) is 12.5. The van der Waals surface area contributed by atoms with E-state index in [2.05, 4.69) is 10.6 Å². The Bertz CT molecular complexity index is 918. The Balaban J connectivity index is 2.25. The van der Waals surface area contributed by atoms with Crippen LogP contribution >= 0.6 is 0 Å². The highest BCUT2D eigenvalue weighted by Crippen LogP contribution is 2.10. The average molecular weight is 424 g/mol. The van der Waals surface area contributed by atoms with Crippen LogP contribution in [0.5, 0.6) is 0 Å². The molecule has 0 saturated heterocycles. The fourth-order valence-corrected chi connectivity index (χ4v) is 2.70. The van der Waals surface area contributed by atoms with Crippen LogP contribution in [0.4, 0.5) is 4.79 Å². The van der Waals surface area contributed by atoms with Gasteiger partial charge in [-0.15, -0.1) is 0 Å². The van der Waals surface area contributed by atoms with Gasteiger partial charge in [0.1, 0.15) is 17.3 Å². The largest absolute Gasteiger partial charge is 0.464 e. The molecular formula is C24H28N2O5. The van der Waals surface area contributed by atoms with Crippen LogP contribution in [0.3, 0.4) is 0 Å². The molecule has 164 valence electrons. The summed E-state index contributed by atoms with van der Waals surface area (Å²) in [5, 5.41) is 5.18. The van der Waals surface area contributed by atoms with Gasteiger partial charge in [0.25, 0.3) is 0 Å². The Hall–Kier alpha value is -3.61. The van der Waals surface area contributed by atoms with Gasteiger partial charge in [-0.1, -0.05) is 60.7 Å². The number of alkyl carbamates (subject to hydrolysis) is 1. The lowest BCUT2D eigenvalue weighted by molar-refractivity contribution is -0.137. The van der Waals surface area contributed by atoms with E-state index in [1.807, 2.05) is 48.5 Å². The smallest absolute Gasteiger partial charge is 0.408 e. The molecule has 0 fully saturated rings. The first-order valence-electron chi connectivity index (χ1n) is 9.87. The van der Waals surface area contributed by atoms with Gasteiger partial charge in [-0.3, -0.25) is 4.79 Å². The lowest BCUT2D eigenvalue weighted by Gasteiger charge is -2.23. The number of hydrogen-bond donors (Lipinski definition) is 2. The fourth-order valence-electron chi connectivity index (χ4n) is 2.70. The van der Waals surface area contributed by atoms with Crippen molar-refractivity contribution in [3.63, 3.8) is 0 Å². The van der Waals surface area contributed by atoms with Crippen molar-refractivity contribution in [3.05, 3.63) is 77.5 Å². The average Bonchev–Trinajstić information content (AvgIpc) is 2.72. The number of hydrogen-bond acceptors (Lipinski definition) is 5. The van der Waals surface area contributed by atoms with Gasteiger partial charge >= 0.3 is 12.1 Å². The molecule has 0 heterocycles. The second-order valence-electron chi connectivity index (χ2n) is 7.84. The van der Waals surface area contributed by atoms with Crippen LogP contribution in [0.2, 0.25) is 0 Å². The summed E-state index contributed by atoms with van der Waals surface area (Å²) in [6.45, 7) is 5.20. The van der Waals surface area contributed by atoms with Crippen LogP contribution in [0.25, 0.3) is 6.08 Å². The molecule has 2 N–H and O–H groups in total. The maximum absolute atomic E-state index is 13.0. The molecule has 2 aromatic carbocycles. The Labute approximate surface area is 182 Å². The van der Waals surface area contributed by atoms with Gasteiger partial charge in [-0.2, -0.15) is 0 Å². The zero-order valence-electron chi connectivity index (χ0n) is 18.2. The van der Waals surface area contributed by atoms with E-state index in [0.717, 1.165) is 5.56 Å². The number of methoxy groups -OCH3 is 1. The van der Waals surface area contributed by atoms with E-state index < -0.39 is 29.6 Å². The summed E-state index contributed by atoms with van der Waals surface area (Å²) >= 11 is 0. The Kier molecular flexibility index (Phi) is 8.37. The summed E-state index contributed by atoms with van der Waals surface area (Å²) in [6.07, 6.45) is 0.998. The van der Waals surface area contributed by atoms with Crippen molar-refractivity contribution in [2.75, 3.05) is 7.11 Å². The zero-order chi connectivity index (χ0) is 22.9. The molecule has 0 radical (unpaired) electrons. The van der Waals surface area contributed by atoms with Gasteiger partial charge in [0.05, 0.1) is 7.11 Å². The number of rotatable bonds is 7. The van der Waals surface area contributed by atoms with Crippen molar-refractivity contribution in [1.82, 2.24) is 10.6 Å². The van der Waals surface area contributed by atoms with Gasteiger partial charge in [0, 0.05) is 6.42 Å². The molecule has 1 atom stereocenters. The van der Waals surface area contributed by atoms with Gasteiger partial charge in [0.15, 0.2) is 0 Å². The minimum Gasteiger partial charge on any atom is -0.464 e. The van der Waals surface area contributed by atoms with Crippen molar-refractivity contribution < 1.29 is 23.9 Å². The maximum Gasteiger partial charge on any atom is 0.408 e. The van der Waals surface area contributed by atoms with Crippen molar-refractivity contribution >= 4 is 24.0 Å². The van der Waals surface area contributed by atoms with E-state index in [9.17, 15) is 14.4 Å². The molecule has 2 aromatic rings. The molecule has 31 heavy (non-hydrogen) atoms.